The Morgan fingerprint density at radius 3 is 2.80 bits per heavy atom. The minimum absolute atomic E-state index is 0.0190. The molecule has 14 heteroatoms. The first kappa shape index (κ1) is 23.5. The lowest BCUT2D eigenvalue weighted by molar-refractivity contribution is -0.149. The number of carbonyl (C=O) groups excluding carboxylic acids is 1. The lowest BCUT2D eigenvalue weighted by atomic mass is 10.0. The van der Waals surface area contributed by atoms with E-state index < -0.39 is 21.8 Å². The maximum atomic E-state index is 12.6. The number of carbonyl (C=O) groups is 2. The summed E-state index contributed by atoms with van der Waals surface area (Å²) in [5, 5.41) is 20.5. The van der Waals surface area contributed by atoms with Gasteiger partial charge in [-0.3, -0.25) is 14.2 Å². The van der Waals surface area contributed by atoms with Crippen molar-refractivity contribution >= 4 is 56.9 Å². The number of carboxylic acid groups (broad SMARTS) is 1. The number of thioether (sulfide) groups is 2. The molecule has 1 amide bonds. The summed E-state index contributed by atoms with van der Waals surface area (Å²) in [5.74, 6) is -1.21. The van der Waals surface area contributed by atoms with Crippen LogP contribution in [0.1, 0.15) is 31.2 Å². The van der Waals surface area contributed by atoms with E-state index in [1.807, 2.05) is 0 Å². The van der Waals surface area contributed by atoms with Crippen molar-refractivity contribution in [2.75, 3.05) is 18.1 Å². The first-order valence-corrected chi connectivity index (χ1v) is 13.7. The maximum absolute atomic E-state index is 12.6. The van der Waals surface area contributed by atoms with Crippen molar-refractivity contribution in [2.45, 2.75) is 47.7 Å². The largest absolute Gasteiger partial charge is 0.477 e. The Balaban J connectivity index is 1.64. The fourth-order valence-electron chi connectivity index (χ4n) is 3.14. The zero-order valence-corrected chi connectivity index (χ0v) is 19.4. The van der Waals surface area contributed by atoms with Gasteiger partial charge in [-0.2, -0.15) is 8.42 Å². The Morgan fingerprint density at radius 1 is 1.37 bits per heavy atom. The number of hydrogen-bond acceptors (Lipinski definition) is 10. The molecule has 3 N–H and O–H groups in total. The predicted octanol–water partition coefficient (Wildman–Crippen LogP) is 1.42. The fraction of sp³-hybridized carbons (Fsp3) is 0.625. The molecule has 2 atom stereocenters. The van der Waals surface area contributed by atoms with Gasteiger partial charge >= 0.3 is 5.97 Å². The Bertz CT molecular complexity index is 947. The van der Waals surface area contributed by atoms with Gasteiger partial charge in [0.2, 0.25) is 5.91 Å². The molecule has 1 aromatic heterocycles. The topological polar surface area (TPSA) is 150 Å². The monoisotopic (exact) mass is 494 g/mol. The molecular formula is C16H22N4O6S4. The van der Waals surface area contributed by atoms with Gasteiger partial charge in [-0.15, -0.1) is 22.0 Å². The van der Waals surface area contributed by atoms with E-state index in [1.165, 1.54) is 28.4 Å². The molecule has 2 aliphatic heterocycles. The van der Waals surface area contributed by atoms with E-state index in [0.717, 1.165) is 37.1 Å². The third kappa shape index (κ3) is 5.53. The van der Waals surface area contributed by atoms with Crippen molar-refractivity contribution in [1.82, 2.24) is 20.4 Å². The number of aliphatic carboxylic acids is 1. The zero-order chi connectivity index (χ0) is 21.9. The second-order valence-corrected chi connectivity index (χ2v) is 11.6. The van der Waals surface area contributed by atoms with Crippen molar-refractivity contribution in [3.63, 3.8) is 0 Å². The molecule has 3 rings (SSSR count). The highest BCUT2D eigenvalue weighted by Gasteiger charge is 2.53. The van der Waals surface area contributed by atoms with Crippen LogP contribution in [0.25, 0.3) is 0 Å². The van der Waals surface area contributed by atoms with Gasteiger partial charge < -0.3 is 10.4 Å². The number of fused-ring (bicyclic) bond motifs is 1. The Hall–Kier alpha value is -1.19. The van der Waals surface area contributed by atoms with Crippen LogP contribution in [-0.2, 0) is 25.5 Å². The standard InChI is InChI=1S/C16H22N4O6S4/c1-2-3-4-5-17-11-13(21)20-12(15(22)23)9(6-27-14(11)20)7-28-16-19-18-10(29-16)8-30(24,25)26/h11,14,17H,2-8H2,1H3,(H,22,23)(H,24,25,26)/t11?,14-/m0/s1. The molecule has 166 valence electrons. The molecule has 0 aromatic carbocycles. The van der Waals surface area contributed by atoms with Gasteiger partial charge in [-0.25, -0.2) is 4.79 Å². The predicted molar refractivity (Wildman–Crippen MR) is 115 cm³/mol. The molecule has 10 nitrogen and oxygen atoms in total. The van der Waals surface area contributed by atoms with E-state index in [2.05, 4.69) is 22.4 Å². The summed E-state index contributed by atoms with van der Waals surface area (Å²) in [6, 6.07) is -0.360. The van der Waals surface area contributed by atoms with Crippen molar-refractivity contribution in [1.29, 1.82) is 0 Å². The van der Waals surface area contributed by atoms with Crippen LogP contribution < -0.4 is 5.32 Å². The first-order chi connectivity index (χ1) is 14.2. The highest BCUT2D eigenvalue weighted by atomic mass is 32.2. The lowest BCUT2D eigenvalue weighted by Crippen LogP contribution is -2.70. The van der Waals surface area contributed by atoms with Gasteiger partial charge in [0.15, 0.2) is 4.34 Å². The summed E-state index contributed by atoms with van der Waals surface area (Å²) in [6.07, 6.45) is 3.14. The SMILES string of the molecule is CCCCCNC1C(=O)N2C(C(=O)O)=C(CSc3nnc(CS(=O)(=O)O)s3)CS[C@@H]12. The Morgan fingerprint density at radius 2 is 2.13 bits per heavy atom. The van der Waals surface area contributed by atoms with Crippen molar-refractivity contribution in [2.24, 2.45) is 0 Å². The van der Waals surface area contributed by atoms with Crippen LogP contribution in [0.4, 0.5) is 0 Å². The Kier molecular flexibility index (Phi) is 7.79. The van der Waals surface area contributed by atoms with E-state index >= 15 is 0 Å². The minimum Gasteiger partial charge on any atom is -0.477 e. The fourth-order valence-corrected chi connectivity index (χ4v) is 7.40. The van der Waals surface area contributed by atoms with Gasteiger partial charge in [0.05, 0.1) is 0 Å². The summed E-state index contributed by atoms with van der Waals surface area (Å²) in [7, 11) is -4.19. The number of amides is 1. The van der Waals surface area contributed by atoms with Crippen molar-refractivity contribution < 1.29 is 27.7 Å². The second kappa shape index (κ2) is 9.96. The van der Waals surface area contributed by atoms with E-state index in [-0.39, 0.29) is 28.0 Å². The zero-order valence-electron chi connectivity index (χ0n) is 16.1. The summed E-state index contributed by atoms with van der Waals surface area (Å²) >= 11 is 3.77. The van der Waals surface area contributed by atoms with Crippen LogP contribution in [0, 0.1) is 0 Å². The third-order valence-electron chi connectivity index (χ3n) is 4.52. The van der Waals surface area contributed by atoms with Crippen molar-refractivity contribution in [3.8, 4) is 0 Å². The molecule has 2 aliphatic rings. The average Bonchev–Trinajstić information content (AvgIpc) is 3.10. The summed E-state index contributed by atoms with van der Waals surface area (Å²) in [6.45, 7) is 2.83. The van der Waals surface area contributed by atoms with Gasteiger partial charge in [-0.1, -0.05) is 42.9 Å². The molecule has 3 heterocycles. The lowest BCUT2D eigenvalue weighted by Gasteiger charge is -2.49. The molecule has 0 aliphatic carbocycles. The number of nitrogens with zero attached hydrogens (tertiary/aromatic N) is 3. The van der Waals surface area contributed by atoms with Crippen LogP contribution >= 0.6 is 34.9 Å². The summed E-state index contributed by atoms with van der Waals surface area (Å²) < 4.78 is 31.2. The number of rotatable bonds is 11. The smallest absolute Gasteiger partial charge is 0.352 e. The van der Waals surface area contributed by atoms with Gasteiger partial charge in [-0.05, 0) is 18.5 Å². The molecule has 1 saturated heterocycles. The molecule has 1 fully saturated rings. The van der Waals surface area contributed by atoms with Crippen LogP contribution in [0.2, 0.25) is 0 Å². The average molecular weight is 495 g/mol. The van der Waals surface area contributed by atoms with E-state index in [1.54, 1.807) is 0 Å². The molecule has 1 aromatic rings. The first-order valence-electron chi connectivity index (χ1n) is 9.25. The number of hydrogen-bond donors (Lipinski definition) is 3. The molecule has 0 bridgehead atoms. The number of unbranched alkanes of at least 4 members (excludes halogenated alkanes) is 2. The number of nitrogens with one attached hydrogen (secondary N) is 1. The minimum atomic E-state index is -4.19. The number of β-lactam (4-membered cyclic amide) rings is 1. The van der Waals surface area contributed by atoms with Crippen LogP contribution in [0.3, 0.4) is 0 Å². The van der Waals surface area contributed by atoms with Gasteiger partial charge in [0.25, 0.3) is 10.1 Å². The number of carboxylic acids is 1. The molecule has 0 saturated carbocycles. The molecule has 0 spiro atoms. The highest BCUT2D eigenvalue weighted by Crippen LogP contribution is 2.41. The Labute approximate surface area is 186 Å². The van der Waals surface area contributed by atoms with E-state index in [4.69, 9.17) is 4.55 Å². The second-order valence-electron chi connectivity index (χ2n) is 6.78. The maximum Gasteiger partial charge on any atom is 0.352 e. The molecule has 1 unspecified atom stereocenters. The molecule has 30 heavy (non-hydrogen) atoms. The summed E-state index contributed by atoms with van der Waals surface area (Å²) in [4.78, 5) is 25.8. The van der Waals surface area contributed by atoms with E-state index in [9.17, 15) is 23.1 Å². The van der Waals surface area contributed by atoms with Gasteiger partial charge in [0, 0.05) is 11.5 Å². The number of aromatic nitrogens is 2. The normalized spacial score (nSPS) is 21.5. The highest BCUT2D eigenvalue weighted by molar-refractivity contribution is 8.01. The molecule has 0 radical (unpaired) electrons. The van der Waals surface area contributed by atoms with Gasteiger partial charge in [0.1, 0.15) is 27.9 Å². The van der Waals surface area contributed by atoms with Crippen LogP contribution in [0.5, 0.6) is 0 Å². The summed E-state index contributed by atoms with van der Waals surface area (Å²) in [5.41, 5.74) is 0.628. The van der Waals surface area contributed by atoms with Crippen molar-refractivity contribution in [3.05, 3.63) is 16.3 Å². The van der Waals surface area contributed by atoms with E-state index in [0.29, 0.717) is 21.4 Å². The third-order valence-corrected chi connectivity index (χ3v) is 8.82. The quantitative estimate of drug-likeness (QED) is 0.177. The van der Waals surface area contributed by atoms with Crippen LogP contribution in [-0.4, -0.2) is 74.5 Å². The molecular weight excluding hydrogens is 472 g/mol. The van der Waals surface area contributed by atoms with Crippen LogP contribution in [0.15, 0.2) is 15.6 Å².